The van der Waals surface area contributed by atoms with E-state index in [2.05, 4.69) is 24.5 Å². The average molecular weight is 354 g/mol. The second kappa shape index (κ2) is 8.52. The molecule has 0 fully saturated rings. The molecule has 2 amide bonds. The molecule has 0 spiro atoms. The number of carbonyl (C=O) groups excluding carboxylic acids is 2. The van der Waals surface area contributed by atoms with Crippen molar-refractivity contribution in [2.24, 2.45) is 0 Å². The summed E-state index contributed by atoms with van der Waals surface area (Å²) < 4.78 is 5.75. The van der Waals surface area contributed by atoms with Gasteiger partial charge in [0, 0.05) is 18.3 Å². The third kappa shape index (κ3) is 5.34. The fourth-order valence-electron chi connectivity index (χ4n) is 2.61. The van der Waals surface area contributed by atoms with Gasteiger partial charge in [-0.3, -0.25) is 9.59 Å². The Hall–Kier alpha value is -2.82. The van der Waals surface area contributed by atoms with Crippen LogP contribution in [0.1, 0.15) is 43.4 Å². The van der Waals surface area contributed by atoms with Crippen LogP contribution < -0.4 is 15.4 Å². The topological polar surface area (TPSA) is 67.4 Å². The summed E-state index contributed by atoms with van der Waals surface area (Å²) in [6.07, 6.45) is 0. The van der Waals surface area contributed by atoms with Gasteiger partial charge in [0.15, 0.2) is 6.61 Å². The van der Waals surface area contributed by atoms with Crippen molar-refractivity contribution in [3.05, 3.63) is 53.1 Å². The monoisotopic (exact) mass is 354 g/mol. The molecule has 0 aliphatic carbocycles. The zero-order valence-electron chi connectivity index (χ0n) is 16.0. The van der Waals surface area contributed by atoms with Crippen LogP contribution in [0.3, 0.4) is 0 Å². The summed E-state index contributed by atoms with van der Waals surface area (Å²) >= 11 is 0. The van der Waals surface area contributed by atoms with Gasteiger partial charge in [-0.15, -0.1) is 0 Å². The second-order valence-corrected chi connectivity index (χ2v) is 6.74. The zero-order chi connectivity index (χ0) is 19.3. The number of anilines is 2. The fourth-order valence-corrected chi connectivity index (χ4v) is 2.61. The lowest BCUT2D eigenvalue weighted by atomic mass is 10.0. The van der Waals surface area contributed by atoms with Gasteiger partial charge in [-0.1, -0.05) is 32.0 Å². The van der Waals surface area contributed by atoms with Crippen molar-refractivity contribution >= 4 is 23.2 Å². The molecule has 2 rings (SSSR count). The minimum atomic E-state index is -0.251. The van der Waals surface area contributed by atoms with E-state index in [0.29, 0.717) is 17.3 Å². The Labute approximate surface area is 154 Å². The number of aryl methyl sites for hydroxylation is 2. The van der Waals surface area contributed by atoms with Crippen LogP contribution in [-0.2, 0) is 9.59 Å². The predicted octanol–water partition coefficient (Wildman–Crippen LogP) is 4.40. The Morgan fingerprint density at radius 1 is 1.04 bits per heavy atom. The molecule has 0 saturated heterocycles. The molecule has 0 aliphatic rings. The molecule has 0 saturated carbocycles. The summed E-state index contributed by atoms with van der Waals surface area (Å²) in [4.78, 5) is 23.5. The first-order valence-corrected chi connectivity index (χ1v) is 8.67. The third-order valence-corrected chi connectivity index (χ3v) is 3.98. The lowest BCUT2D eigenvalue weighted by Crippen LogP contribution is -2.21. The van der Waals surface area contributed by atoms with Crippen LogP contribution in [0.25, 0.3) is 0 Å². The van der Waals surface area contributed by atoms with Crippen LogP contribution in [-0.4, -0.2) is 18.4 Å². The Kier molecular flexibility index (Phi) is 6.39. The van der Waals surface area contributed by atoms with Crippen LogP contribution in [0.5, 0.6) is 5.75 Å². The molecule has 5 nitrogen and oxygen atoms in total. The minimum Gasteiger partial charge on any atom is -0.483 e. The van der Waals surface area contributed by atoms with Gasteiger partial charge in [0.05, 0.1) is 0 Å². The van der Waals surface area contributed by atoms with Gasteiger partial charge >= 0.3 is 0 Å². The molecule has 5 heteroatoms. The standard InChI is InChI=1S/C21H26N2O3/c1-13(2)18-9-6-14(3)10-20(18)26-12-21(25)23-17-8-7-15(4)19(11-17)22-16(5)24/h6-11,13H,12H2,1-5H3,(H,22,24)(H,23,25). The lowest BCUT2D eigenvalue weighted by Gasteiger charge is -2.15. The highest BCUT2D eigenvalue weighted by molar-refractivity contribution is 5.94. The Morgan fingerprint density at radius 2 is 1.77 bits per heavy atom. The van der Waals surface area contributed by atoms with Gasteiger partial charge in [0.1, 0.15) is 5.75 Å². The summed E-state index contributed by atoms with van der Waals surface area (Å²) in [5.41, 5.74) is 4.38. The number of hydrogen-bond acceptors (Lipinski definition) is 3. The van der Waals surface area contributed by atoms with E-state index in [1.165, 1.54) is 6.92 Å². The van der Waals surface area contributed by atoms with E-state index < -0.39 is 0 Å². The summed E-state index contributed by atoms with van der Waals surface area (Å²) in [7, 11) is 0. The molecule has 26 heavy (non-hydrogen) atoms. The van der Waals surface area contributed by atoms with E-state index >= 15 is 0 Å². The smallest absolute Gasteiger partial charge is 0.262 e. The van der Waals surface area contributed by atoms with E-state index in [1.54, 1.807) is 12.1 Å². The number of benzene rings is 2. The average Bonchev–Trinajstić information content (AvgIpc) is 2.55. The van der Waals surface area contributed by atoms with Crippen molar-refractivity contribution in [1.82, 2.24) is 0 Å². The first-order valence-electron chi connectivity index (χ1n) is 8.67. The first-order chi connectivity index (χ1) is 12.3. The van der Waals surface area contributed by atoms with Gasteiger partial charge < -0.3 is 15.4 Å². The van der Waals surface area contributed by atoms with Gasteiger partial charge in [-0.05, 0) is 54.7 Å². The number of ether oxygens (including phenoxy) is 1. The summed E-state index contributed by atoms with van der Waals surface area (Å²) in [6.45, 7) is 9.44. The summed E-state index contributed by atoms with van der Waals surface area (Å²) in [5.74, 6) is 0.642. The van der Waals surface area contributed by atoms with Crippen LogP contribution in [0.2, 0.25) is 0 Å². The fraction of sp³-hybridized carbons (Fsp3) is 0.333. The van der Waals surface area contributed by atoms with Gasteiger partial charge in [-0.2, -0.15) is 0 Å². The van der Waals surface area contributed by atoms with E-state index in [1.807, 2.05) is 38.1 Å². The molecule has 0 aliphatic heterocycles. The quantitative estimate of drug-likeness (QED) is 0.808. The van der Waals surface area contributed by atoms with Gasteiger partial charge in [-0.25, -0.2) is 0 Å². The second-order valence-electron chi connectivity index (χ2n) is 6.74. The molecule has 0 unspecified atom stereocenters. The summed E-state index contributed by atoms with van der Waals surface area (Å²) in [6, 6.07) is 11.4. The van der Waals surface area contributed by atoms with Crippen LogP contribution in [0.4, 0.5) is 11.4 Å². The number of nitrogens with one attached hydrogen (secondary N) is 2. The van der Waals surface area contributed by atoms with Crippen molar-refractivity contribution in [2.45, 2.75) is 40.5 Å². The highest BCUT2D eigenvalue weighted by Crippen LogP contribution is 2.27. The van der Waals surface area contributed by atoms with E-state index in [0.717, 1.165) is 22.4 Å². The molecule has 2 aromatic rings. The van der Waals surface area contributed by atoms with Crippen LogP contribution in [0, 0.1) is 13.8 Å². The van der Waals surface area contributed by atoms with Crippen LogP contribution >= 0.6 is 0 Å². The largest absolute Gasteiger partial charge is 0.483 e. The molecular formula is C21H26N2O3. The normalized spacial score (nSPS) is 10.5. The zero-order valence-corrected chi connectivity index (χ0v) is 16.0. The van der Waals surface area contributed by atoms with Crippen molar-refractivity contribution in [1.29, 1.82) is 0 Å². The predicted molar refractivity (Wildman–Crippen MR) is 105 cm³/mol. The lowest BCUT2D eigenvalue weighted by molar-refractivity contribution is -0.118. The first kappa shape index (κ1) is 19.5. The molecule has 0 heterocycles. The molecular weight excluding hydrogens is 328 g/mol. The Bertz CT molecular complexity index is 813. The molecule has 138 valence electrons. The van der Waals surface area contributed by atoms with Crippen molar-refractivity contribution in [2.75, 3.05) is 17.2 Å². The van der Waals surface area contributed by atoms with Crippen molar-refractivity contribution in [3.8, 4) is 5.75 Å². The van der Waals surface area contributed by atoms with E-state index in [-0.39, 0.29) is 18.4 Å². The maximum absolute atomic E-state index is 12.2. The molecule has 0 radical (unpaired) electrons. The van der Waals surface area contributed by atoms with E-state index in [4.69, 9.17) is 4.74 Å². The van der Waals surface area contributed by atoms with E-state index in [9.17, 15) is 9.59 Å². The number of hydrogen-bond donors (Lipinski definition) is 2. The SMILES string of the molecule is CC(=O)Nc1cc(NC(=O)COc2cc(C)ccc2C(C)C)ccc1C. The molecule has 2 aromatic carbocycles. The van der Waals surface area contributed by atoms with Crippen molar-refractivity contribution < 1.29 is 14.3 Å². The van der Waals surface area contributed by atoms with Gasteiger partial charge in [0.25, 0.3) is 5.91 Å². The maximum atomic E-state index is 12.2. The van der Waals surface area contributed by atoms with Crippen molar-refractivity contribution in [3.63, 3.8) is 0 Å². The summed E-state index contributed by atoms with van der Waals surface area (Å²) in [5, 5.41) is 5.55. The Balaban J connectivity index is 2.04. The molecule has 2 N–H and O–H groups in total. The number of carbonyl (C=O) groups is 2. The molecule has 0 bridgehead atoms. The number of rotatable bonds is 6. The minimum absolute atomic E-state index is 0.0769. The molecule has 0 aromatic heterocycles. The number of amides is 2. The highest BCUT2D eigenvalue weighted by Gasteiger charge is 2.11. The Morgan fingerprint density at radius 3 is 2.42 bits per heavy atom. The van der Waals surface area contributed by atoms with Gasteiger partial charge in [0.2, 0.25) is 5.91 Å². The maximum Gasteiger partial charge on any atom is 0.262 e. The van der Waals surface area contributed by atoms with Crippen LogP contribution in [0.15, 0.2) is 36.4 Å². The highest BCUT2D eigenvalue weighted by atomic mass is 16.5. The molecule has 0 atom stereocenters. The third-order valence-electron chi connectivity index (χ3n) is 3.98.